The first-order chi connectivity index (χ1) is 14.2. The fourth-order valence-corrected chi connectivity index (χ4v) is 2.48. The van der Waals surface area contributed by atoms with Gasteiger partial charge in [-0.2, -0.15) is 0 Å². The number of rotatable bonds is 7. The van der Waals surface area contributed by atoms with Crippen molar-refractivity contribution < 1.29 is 4.79 Å². The number of nitrogens with one attached hydrogen (secondary N) is 3. The normalized spacial score (nSPS) is 9.83. The van der Waals surface area contributed by atoms with Crippen LogP contribution in [0.15, 0.2) is 55.0 Å². The van der Waals surface area contributed by atoms with E-state index in [0.29, 0.717) is 30.4 Å². The summed E-state index contributed by atoms with van der Waals surface area (Å²) in [6.07, 6.45) is 4.57. The lowest BCUT2D eigenvalue weighted by atomic mass is 10.2. The molecule has 0 unspecified atom stereocenters. The molecular formula is C21H21N7O. The summed E-state index contributed by atoms with van der Waals surface area (Å²) >= 11 is 0. The third-order valence-electron chi connectivity index (χ3n) is 3.93. The first-order valence-corrected chi connectivity index (χ1v) is 8.96. The highest BCUT2D eigenvalue weighted by atomic mass is 16.1. The van der Waals surface area contributed by atoms with Crippen molar-refractivity contribution >= 4 is 28.9 Å². The van der Waals surface area contributed by atoms with E-state index < -0.39 is 0 Å². The second-order valence-electron chi connectivity index (χ2n) is 6.01. The van der Waals surface area contributed by atoms with Crippen molar-refractivity contribution in [1.29, 1.82) is 0 Å². The number of anilines is 4. The van der Waals surface area contributed by atoms with Gasteiger partial charge in [-0.1, -0.05) is 18.1 Å². The van der Waals surface area contributed by atoms with Gasteiger partial charge in [0.25, 0.3) is 5.91 Å². The van der Waals surface area contributed by atoms with Crippen LogP contribution in [0.1, 0.15) is 23.0 Å². The summed E-state index contributed by atoms with van der Waals surface area (Å²) in [5.41, 5.74) is 8.46. The lowest BCUT2D eigenvalue weighted by Gasteiger charge is -2.10. The number of benzene rings is 1. The van der Waals surface area contributed by atoms with Gasteiger partial charge < -0.3 is 21.7 Å². The van der Waals surface area contributed by atoms with Crippen LogP contribution in [0, 0.1) is 11.8 Å². The second kappa shape index (κ2) is 9.71. The number of nitrogens with zero attached hydrogens (tertiary/aromatic N) is 3. The molecule has 0 aliphatic carbocycles. The van der Waals surface area contributed by atoms with Crippen LogP contribution < -0.4 is 21.7 Å². The van der Waals surface area contributed by atoms with E-state index in [0.717, 1.165) is 11.3 Å². The van der Waals surface area contributed by atoms with Gasteiger partial charge >= 0.3 is 0 Å². The zero-order valence-electron chi connectivity index (χ0n) is 15.9. The maximum absolute atomic E-state index is 12.4. The van der Waals surface area contributed by atoms with Crippen molar-refractivity contribution in [3.8, 4) is 11.8 Å². The average molecular weight is 387 g/mol. The van der Waals surface area contributed by atoms with Crippen LogP contribution >= 0.6 is 0 Å². The first-order valence-electron chi connectivity index (χ1n) is 8.96. The number of nitrogen functional groups attached to an aromatic ring is 1. The Labute approximate surface area is 169 Å². The molecular weight excluding hydrogens is 366 g/mol. The molecule has 0 bridgehead atoms. The second-order valence-corrected chi connectivity index (χ2v) is 6.01. The van der Waals surface area contributed by atoms with Gasteiger partial charge in [-0.15, -0.1) is 5.92 Å². The van der Waals surface area contributed by atoms with Crippen molar-refractivity contribution in [3.05, 3.63) is 66.2 Å². The fraction of sp³-hybridized carbons (Fsp3) is 0.143. The van der Waals surface area contributed by atoms with E-state index in [9.17, 15) is 4.79 Å². The van der Waals surface area contributed by atoms with Crippen LogP contribution in [0.4, 0.5) is 23.0 Å². The standard InChI is InChI=1S/C21H21N7O/c1-2-3-9-23-19-14-26-18(13-27-19)21(29)28-16-7-4-6-15(11-16)12-25-17-8-5-10-24-20(17)22/h4-8,10-11,13-14,25H,9,12H2,1H3,(H2,22,24)(H,23,27)(H,28,29). The maximum atomic E-state index is 12.4. The molecule has 8 nitrogen and oxygen atoms in total. The van der Waals surface area contributed by atoms with Gasteiger partial charge in [-0.3, -0.25) is 4.79 Å². The van der Waals surface area contributed by atoms with Crippen molar-refractivity contribution in [2.45, 2.75) is 13.5 Å². The van der Waals surface area contributed by atoms with Crippen LogP contribution in [0.5, 0.6) is 0 Å². The summed E-state index contributed by atoms with van der Waals surface area (Å²) in [5.74, 6) is 6.32. The van der Waals surface area contributed by atoms with Crippen LogP contribution in [-0.2, 0) is 6.54 Å². The predicted octanol–water partition coefficient (Wildman–Crippen LogP) is 2.75. The largest absolute Gasteiger partial charge is 0.382 e. The highest BCUT2D eigenvalue weighted by molar-refractivity contribution is 6.02. The minimum Gasteiger partial charge on any atom is -0.382 e. The van der Waals surface area contributed by atoms with Crippen molar-refractivity contribution in [2.24, 2.45) is 0 Å². The third kappa shape index (κ3) is 5.68. The number of carbonyl (C=O) groups excluding carboxylic acids is 1. The lowest BCUT2D eigenvalue weighted by Crippen LogP contribution is -2.15. The molecule has 0 aliphatic rings. The zero-order chi connectivity index (χ0) is 20.5. The Balaban J connectivity index is 1.59. The van der Waals surface area contributed by atoms with E-state index in [-0.39, 0.29) is 11.6 Å². The van der Waals surface area contributed by atoms with Gasteiger partial charge in [0.2, 0.25) is 0 Å². The van der Waals surface area contributed by atoms with Crippen molar-refractivity contribution in [3.63, 3.8) is 0 Å². The molecule has 0 aliphatic heterocycles. The summed E-state index contributed by atoms with van der Waals surface area (Å²) in [4.78, 5) is 24.8. The quantitative estimate of drug-likeness (QED) is 0.460. The molecule has 0 saturated carbocycles. The molecule has 0 atom stereocenters. The molecule has 8 heteroatoms. The third-order valence-corrected chi connectivity index (χ3v) is 3.93. The number of amides is 1. The molecule has 3 aromatic rings. The summed E-state index contributed by atoms with van der Waals surface area (Å²) in [6, 6.07) is 11.2. The van der Waals surface area contributed by atoms with Gasteiger partial charge in [0.1, 0.15) is 17.3 Å². The molecule has 1 aromatic carbocycles. The molecule has 146 valence electrons. The van der Waals surface area contributed by atoms with Crippen molar-refractivity contribution in [1.82, 2.24) is 15.0 Å². The van der Waals surface area contributed by atoms with E-state index in [1.165, 1.54) is 12.4 Å². The Morgan fingerprint density at radius 1 is 1.10 bits per heavy atom. The molecule has 0 spiro atoms. The molecule has 0 radical (unpaired) electrons. The van der Waals surface area contributed by atoms with Crippen molar-refractivity contribution in [2.75, 3.05) is 28.2 Å². The molecule has 2 heterocycles. The van der Waals surface area contributed by atoms with E-state index in [1.807, 2.05) is 36.4 Å². The highest BCUT2D eigenvalue weighted by Gasteiger charge is 2.09. The Morgan fingerprint density at radius 2 is 2.00 bits per heavy atom. The Kier molecular flexibility index (Phi) is 6.58. The minimum atomic E-state index is -0.334. The molecule has 5 N–H and O–H groups in total. The minimum absolute atomic E-state index is 0.226. The maximum Gasteiger partial charge on any atom is 0.275 e. The Morgan fingerprint density at radius 3 is 2.76 bits per heavy atom. The number of nitrogens with two attached hydrogens (primary N) is 1. The molecule has 2 aromatic heterocycles. The fourth-order valence-electron chi connectivity index (χ4n) is 2.48. The Hall–Kier alpha value is -4.12. The number of hydrogen-bond donors (Lipinski definition) is 4. The summed E-state index contributed by atoms with van der Waals surface area (Å²) in [7, 11) is 0. The van der Waals surface area contributed by atoms with E-state index >= 15 is 0 Å². The summed E-state index contributed by atoms with van der Waals surface area (Å²) in [6.45, 7) is 2.78. The lowest BCUT2D eigenvalue weighted by molar-refractivity contribution is 0.102. The smallest absolute Gasteiger partial charge is 0.275 e. The Bertz CT molecular complexity index is 1040. The molecule has 1 amide bonds. The van der Waals surface area contributed by atoms with Gasteiger partial charge in [0.15, 0.2) is 0 Å². The topological polar surface area (TPSA) is 118 Å². The molecule has 3 rings (SSSR count). The predicted molar refractivity (Wildman–Crippen MR) is 114 cm³/mol. The summed E-state index contributed by atoms with van der Waals surface area (Å²) in [5, 5.41) is 9.06. The average Bonchev–Trinajstić information content (AvgIpc) is 2.74. The van der Waals surface area contributed by atoms with Gasteiger partial charge in [-0.25, -0.2) is 15.0 Å². The molecule has 29 heavy (non-hydrogen) atoms. The number of aromatic nitrogens is 3. The molecule has 0 fully saturated rings. The molecule has 0 saturated heterocycles. The van der Waals surface area contributed by atoms with Crippen LogP contribution in [0.3, 0.4) is 0 Å². The van der Waals surface area contributed by atoms with Gasteiger partial charge in [0.05, 0.1) is 24.6 Å². The van der Waals surface area contributed by atoms with Crippen LogP contribution in [0.25, 0.3) is 0 Å². The van der Waals surface area contributed by atoms with E-state index in [2.05, 4.69) is 42.7 Å². The SMILES string of the molecule is CC#CCNc1cnc(C(=O)Nc2cccc(CNc3cccnc3N)c2)cn1. The highest BCUT2D eigenvalue weighted by Crippen LogP contribution is 2.17. The first kappa shape index (κ1) is 19.6. The number of pyridine rings is 1. The van der Waals surface area contributed by atoms with E-state index in [4.69, 9.17) is 5.73 Å². The monoisotopic (exact) mass is 387 g/mol. The summed E-state index contributed by atoms with van der Waals surface area (Å²) < 4.78 is 0. The number of hydrogen-bond acceptors (Lipinski definition) is 7. The number of carbonyl (C=O) groups is 1. The van der Waals surface area contributed by atoms with E-state index in [1.54, 1.807) is 13.1 Å². The van der Waals surface area contributed by atoms with Gasteiger partial charge in [0, 0.05) is 18.4 Å². The zero-order valence-corrected chi connectivity index (χ0v) is 15.9. The van der Waals surface area contributed by atoms with Gasteiger partial charge in [-0.05, 0) is 36.8 Å². The van der Waals surface area contributed by atoms with Crippen LogP contribution in [-0.4, -0.2) is 27.4 Å². The van der Waals surface area contributed by atoms with Crippen LogP contribution in [0.2, 0.25) is 0 Å².